The Morgan fingerprint density at radius 3 is 2.71 bits per heavy atom. The number of rotatable bonds is 5. The second-order valence-electron chi connectivity index (χ2n) is 6.63. The number of thiophene rings is 1. The molecule has 4 nitrogen and oxygen atoms in total. The zero-order valence-electron chi connectivity index (χ0n) is 13.6. The van der Waals surface area contributed by atoms with Crippen LogP contribution in [0.1, 0.15) is 51.9 Å². The van der Waals surface area contributed by atoms with Gasteiger partial charge in [0, 0.05) is 41.0 Å². The number of alkyl halides is 2. The number of ether oxygens (including phenoxy) is 1. The molecule has 0 unspecified atom stereocenters. The van der Waals surface area contributed by atoms with Gasteiger partial charge in [0.1, 0.15) is 5.78 Å². The van der Waals surface area contributed by atoms with Gasteiger partial charge in [0.05, 0.1) is 12.2 Å². The van der Waals surface area contributed by atoms with Crippen LogP contribution in [-0.4, -0.2) is 30.3 Å². The molecule has 1 fully saturated rings. The van der Waals surface area contributed by atoms with Gasteiger partial charge in [0.2, 0.25) is 5.92 Å². The maximum absolute atomic E-state index is 13.0. The number of aryl methyl sites for hydroxylation is 1. The lowest BCUT2D eigenvalue weighted by Crippen LogP contribution is -2.40. The first-order chi connectivity index (χ1) is 11.3. The number of carbonyl (C=O) groups excluding carboxylic acids is 2. The molecular weight excluding hydrogens is 336 g/mol. The Balaban J connectivity index is 1.84. The van der Waals surface area contributed by atoms with Crippen LogP contribution in [0.3, 0.4) is 0 Å². The smallest absolute Gasteiger partial charge is 0.339 e. The highest BCUT2D eigenvalue weighted by molar-refractivity contribution is 7.12. The van der Waals surface area contributed by atoms with Gasteiger partial charge in [-0.15, -0.1) is 11.3 Å². The van der Waals surface area contributed by atoms with Crippen molar-refractivity contribution in [3.8, 4) is 0 Å². The molecule has 1 saturated carbocycles. The number of nitrogens with two attached hydrogens (primary N) is 1. The first-order valence-electron chi connectivity index (χ1n) is 8.27. The molecule has 0 radical (unpaired) electrons. The highest BCUT2D eigenvalue weighted by Crippen LogP contribution is 2.44. The first-order valence-corrected chi connectivity index (χ1v) is 9.09. The highest BCUT2D eigenvalue weighted by atomic mass is 32.1. The minimum Gasteiger partial charge on any atom is -0.462 e. The molecule has 7 heteroatoms. The Morgan fingerprint density at radius 2 is 2.08 bits per heavy atom. The van der Waals surface area contributed by atoms with Crippen LogP contribution in [0.25, 0.3) is 0 Å². The van der Waals surface area contributed by atoms with E-state index in [1.165, 1.54) is 11.3 Å². The first kappa shape index (κ1) is 17.5. The van der Waals surface area contributed by atoms with Crippen molar-refractivity contribution in [1.82, 2.24) is 0 Å². The van der Waals surface area contributed by atoms with Crippen LogP contribution >= 0.6 is 11.3 Å². The van der Waals surface area contributed by atoms with E-state index >= 15 is 0 Å². The molecule has 1 aromatic heterocycles. The second kappa shape index (κ2) is 6.52. The topological polar surface area (TPSA) is 69.4 Å². The van der Waals surface area contributed by atoms with E-state index in [1.54, 1.807) is 6.92 Å². The van der Waals surface area contributed by atoms with Crippen LogP contribution in [0.2, 0.25) is 0 Å². The van der Waals surface area contributed by atoms with Crippen molar-refractivity contribution >= 4 is 23.1 Å². The molecule has 3 rings (SSSR count). The predicted octanol–water partition coefficient (Wildman–Crippen LogP) is 2.90. The zero-order valence-corrected chi connectivity index (χ0v) is 14.4. The van der Waals surface area contributed by atoms with Crippen LogP contribution in [-0.2, 0) is 28.8 Å². The molecule has 0 spiro atoms. The van der Waals surface area contributed by atoms with E-state index in [4.69, 9.17) is 10.5 Å². The third kappa shape index (κ3) is 3.37. The van der Waals surface area contributed by atoms with E-state index < -0.39 is 17.8 Å². The van der Waals surface area contributed by atoms with E-state index in [1.807, 2.05) is 0 Å². The van der Waals surface area contributed by atoms with Gasteiger partial charge >= 0.3 is 5.97 Å². The van der Waals surface area contributed by atoms with Gasteiger partial charge in [-0.05, 0) is 31.7 Å². The van der Waals surface area contributed by atoms with Crippen molar-refractivity contribution in [3.63, 3.8) is 0 Å². The summed E-state index contributed by atoms with van der Waals surface area (Å²) in [5.41, 5.74) is 7.35. The minimum absolute atomic E-state index is 0.00541. The molecule has 132 valence electrons. The number of fused-ring (bicyclic) bond motifs is 1. The Labute approximate surface area is 143 Å². The monoisotopic (exact) mass is 357 g/mol. The van der Waals surface area contributed by atoms with Gasteiger partial charge in [-0.25, -0.2) is 13.6 Å². The van der Waals surface area contributed by atoms with Crippen LogP contribution in [0, 0.1) is 5.92 Å². The Kier molecular flexibility index (Phi) is 4.75. The SMILES string of the molecule is CCOC(=O)c1c(CC(=O)C2CC(F)(F)C2)sc2c1C[C@@H](N)CC2. The maximum atomic E-state index is 13.0. The van der Waals surface area contributed by atoms with Crippen molar-refractivity contribution < 1.29 is 23.1 Å². The molecule has 2 aliphatic rings. The van der Waals surface area contributed by atoms with E-state index in [0.29, 0.717) is 16.9 Å². The van der Waals surface area contributed by atoms with E-state index in [0.717, 1.165) is 23.3 Å². The molecule has 2 aliphatic carbocycles. The number of carbonyl (C=O) groups is 2. The van der Waals surface area contributed by atoms with E-state index in [2.05, 4.69) is 0 Å². The predicted molar refractivity (Wildman–Crippen MR) is 86.7 cm³/mol. The van der Waals surface area contributed by atoms with Gasteiger partial charge in [-0.3, -0.25) is 4.79 Å². The van der Waals surface area contributed by atoms with Crippen molar-refractivity contribution in [2.24, 2.45) is 11.7 Å². The summed E-state index contributed by atoms with van der Waals surface area (Å²) in [6.45, 7) is 1.97. The standard InChI is InChI=1S/C17H21F2NO3S/c1-2-23-16(22)15-11-5-10(20)3-4-13(11)24-14(15)6-12(21)9-7-17(18,19)8-9/h9-10H,2-8,20H2,1H3/t10-/m0/s1. The third-order valence-electron chi connectivity index (χ3n) is 4.73. The van der Waals surface area contributed by atoms with Gasteiger partial charge in [0.25, 0.3) is 0 Å². The molecule has 1 aromatic rings. The summed E-state index contributed by atoms with van der Waals surface area (Å²) < 4.78 is 31.1. The van der Waals surface area contributed by atoms with Crippen molar-refractivity contribution in [2.75, 3.05) is 6.61 Å². The van der Waals surface area contributed by atoms with Gasteiger partial charge in [0.15, 0.2) is 0 Å². The molecule has 0 aliphatic heterocycles. The summed E-state index contributed by atoms with van der Waals surface area (Å²) >= 11 is 1.43. The van der Waals surface area contributed by atoms with Crippen LogP contribution in [0.15, 0.2) is 0 Å². The van der Waals surface area contributed by atoms with Gasteiger partial charge < -0.3 is 10.5 Å². The molecule has 0 saturated heterocycles. The van der Waals surface area contributed by atoms with E-state index in [-0.39, 0.29) is 37.7 Å². The van der Waals surface area contributed by atoms with Crippen LogP contribution < -0.4 is 5.73 Å². The van der Waals surface area contributed by atoms with Crippen molar-refractivity contribution in [1.29, 1.82) is 0 Å². The quantitative estimate of drug-likeness (QED) is 0.823. The summed E-state index contributed by atoms with van der Waals surface area (Å²) in [6, 6.07) is -0.00541. The summed E-state index contributed by atoms with van der Waals surface area (Å²) in [5, 5.41) is 0. The average molecular weight is 357 g/mol. The molecular formula is C17H21F2NO3S. The van der Waals surface area contributed by atoms with Crippen molar-refractivity contribution in [3.05, 3.63) is 20.9 Å². The molecule has 0 amide bonds. The lowest BCUT2D eigenvalue weighted by molar-refractivity contribution is -0.147. The highest BCUT2D eigenvalue weighted by Gasteiger charge is 2.48. The van der Waals surface area contributed by atoms with Gasteiger partial charge in [-0.2, -0.15) is 0 Å². The Bertz CT molecular complexity index is 663. The van der Waals surface area contributed by atoms with Crippen molar-refractivity contribution in [2.45, 2.75) is 57.4 Å². The molecule has 0 aromatic carbocycles. The largest absolute Gasteiger partial charge is 0.462 e. The lowest BCUT2D eigenvalue weighted by Gasteiger charge is -2.33. The minimum atomic E-state index is -2.72. The fourth-order valence-corrected chi connectivity index (χ4v) is 4.77. The number of halogens is 2. The number of ketones is 1. The number of esters is 1. The normalized spacial score (nSPS) is 22.6. The summed E-state index contributed by atoms with van der Waals surface area (Å²) in [6.07, 6.45) is 1.49. The fourth-order valence-electron chi connectivity index (χ4n) is 3.42. The Morgan fingerprint density at radius 1 is 1.38 bits per heavy atom. The molecule has 0 bridgehead atoms. The molecule has 1 atom stereocenters. The maximum Gasteiger partial charge on any atom is 0.339 e. The van der Waals surface area contributed by atoms with Crippen LogP contribution in [0.4, 0.5) is 8.78 Å². The number of hydrogen-bond donors (Lipinski definition) is 1. The summed E-state index contributed by atoms with van der Waals surface area (Å²) in [7, 11) is 0. The zero-order chi connectivity index (χ0) is 17.5. The molecule has 1 heterocycles. The lowest BCUT2D eigenvalue weighted by atomic mass is 9.77. The van der Waals surface area contributed by atoms with Gasteiger partial charge in [-0.1, -0.05) is 0 Å². The fraction of sp³-hybridized carbons (Fsp3) is 0.647. The van der Waals surface area contributed by atoms with Crippen LogP contribution in [0.5, 0.6) is 0 Å². The second-order valence-corrected chi connectivity index (χ2v) is 7.82. The molecule has 2 N–H and O–H groups in total. The molecule has 24 heavy (non-hydrogen) atoms. The number of hydrogen-bond acceptors (Lipinski definition) is 5. The summed E-state index contributed by atoms with van der Waals surface area (Å²) in [5.74, 6) is -3.97. The number of Topliss-reactive ketones (excluding diaryl/α,β-unsaturated/α-hetero) is 1. The summed E-state index contributed by atoms with van der Waals surface area (Å²) in [4.78, 5) is 26.4. The average Bonchev–Trinajstić information content (AvgIpc) is 2.81. The van der Waals surface area contributed by atoms with E-state index in [9.17, 15) is 18.4 Å². The Hall–Kier alpha value is -1.34. The third-order valence-corrected chi connectivity index (χ3v) is 6.02.